The molecule has 0 spiro atoms. The molecule has 0 fully saturated rings. The molecule has 0 bridgehead atoms. The van der Waals surface area contributed by atoms with E-state index >= 15 is 0 Å². The Kier molecular flexibility index (Phi) is 5.57. The summed E-state index contributed by atoms with van der Waals surface area (Å²) in [4.78, 5) is 0. The van der Waals surface area contributed by atoms with E-state index in [1.54, 1.807) is 7.11 Å². The highest BCUT2D eigenvalue weighted by atomic mass is 16.5. The van der Waals surface area contributed by atoms with E-state index in [9.17, 15) is 0 Å². The molecule has 0 heterocycles. The Morgan fingerprint density at radius 2 is 1.58 bits per heavy atom. The summed E-state index contributed by atoms with van der Waals surface area (Å²) in [6.07, 6.45) is 2.78. The van der Waals surface area contributed by atoms with E-state index in [0.717, 1.165) is 19.3 Å². The quantitative estimate of drug-likeness (QED) is 0.849. The van der Waals surface area contributed by atoms with Crippen LogP contribution >= 0.6 is 0 Å². The Morgan fingerprint density at radius 1 is 1.11 bits per heavy atom. The van der Waals surface area contributed by atoms with E-state index in [4.69, 9.17) is 10.5 Å². The summed E-state index contributed by atoms with van der Waals surface area (Å²) in [5.74, 6) is 0. The van der Waals surface area contributed by atoms with Crippen LogP contribution in [-0.4, -0.2) is 18.8 Å². The molecule has 0 aliphatic rings. The van der Waals surface area contributed by atoms with Crippen molar-refractivity contribution < 1.29 is 4.74 Å². The van der Waals surface area contributed by atoms with Crippen molar-refractivity contribution in [3.05, 3.63) is 34.4 Å². The topological polar surface area (TPSA) is 35.2 Å². The lowest BCUT2D eigenvalue weighted by molar-refractivity contribution is -0.0374. The Labute approximate surface area is 118 Å². The van der Waals surface area contributed by atoms with Gasteiger partial charge in [0.05, 0.1) is 5.60 Å². The standard InChI is InChI=1S/C17H29NO/c1-7-17(8-2,19-6)16(18)11-15-13(4)9-12(3)10-14(15)5/h9-10,16H,7-8,11,18H2,1-6H3. The van der Waals surface area contributed by atoms with E-state index in [-0.39, 0.29) is 11.6 Å². The van der Waals surface area contributed by atoms with Gasteiger partial charge < -0.3 is 10.5 Å². The summed E-state index contributed by atoms with van der Waals surface area (Å²) < 4.78 is 5.75. The number of methoxy groups -OCH3 is 1. The minimum absolute atomic E-state index is 0.0348. The van der Waals surface area contributed by atoms with Gasteiger partial charge in [0.2, 0.25) is 0 Å². The number of ether oxygens (including phenoxy) is 1. The first-order valence-electron chi connectivity index (χ1n) is 7.27. The third-order valence-electron chi connectivity index (χ3n) is 4.54. The number of rotatable bonds is 6. The van der Waals surface area contributed by atoms with Gasteiger partial charge in [-0.15, -0.1) is 0 Å². The largest absolute Gasteiger partial charge is 0.377 e. The van der Waals surface area contributed by atoms with Gasteiger partial charge in [-0.2, -0.15) is 0 Å². The van der Waals surface area contributed by atoms with Gasteiger partial charge in [-0.05, 0) is 56.7 Å². The molecular formula is C17H29NO. The van der Waals surface area contributed by atoms with E-state index in [1.165, 1.54) is 22.3 Å². The lowest BCUT2D eigenvalue weighted by Gasteiger charge is -2.36. The molecule has 108 valence electrons. The average Bonchev–Trinajstić information content (AvgIpc) is 2.36. The van der Waals surface area contributed by atoms with Gasteiger partial charge in [0.1, 0.15) is 0 Å². The molecule has 0 aromatic heterocycles. The number of nitrogens with two attached hydrogens (primary N) is 1. The Hall–Kier alpha value is -0.860. The number of benzene rings is 1. The lowest BCUT2D eigenvalue weighted by Crippen LogP contribution is -2.50. The van der Waals surface area contributed by atoms with Crippen LogP contribution in [0.3, 0.4) is 0 Å². The SMILES string of the molecule is CCC(CC)(OC)C(N)Cc1c(C)cc(C)cc1C. The molecule has 2 nitrogen and oxygen atoms in total. The summed E-state index contributed by atoms with van der Waals surface area (Å²) in [6, 6.07) is 4.51. The van der Waals surface area contributed by atoms with Crippen molar-refractivity contribution in [2.45, 2.75) is 65.5 Å². The average molecular weight is 263 g/mol. The first kappa shape index (κ1) is 16.2. The van der Waals surface area contributed by atoms with Gasteiger partial charge in [0.25, 0.3) is 0 Å². The van der Waals surface area contributed by atoms with Crippen molar-refractivity contribution in [1.29, 1.82) is 0 Å². The fourth-order valence-corrected chi connectivity index (χ4v) is 3.15. The van der Waals surface area contributed by atoms with Crippen molar-refractivity contribution in [3.63, 3.8) is 0 Å². The molecule has 1 rings (SSSR count). The van der Waals surface area contributed by atoms with E-state index < -0.39 is 0 Å². The fourth-order valence-electron chi connectivity index (χ4n) is 3.15. The maximum absolute atomic E-state index is 6.47. The van der Waals surface area contributed by atoms with Gasteiger partial charge in [-0.25, -0.2) is 0 Å². The molecule has 0 amide bonds. The summed E-state index contributed by atoms with van der Waals surface area (Å²) >= 11 is 0. The second kappa shape index (κ2) is 6.53. The summed E-state index contributed by atoms with van der Waals surface area (Å²) in [7, 11) is 1.78. The smallest absolute Gasteiger partial charge is 0.0826 e. The Morgan fingerprint density at radius 3 is 1.95 bits per heavy atom. The second-order valence-electron chi connectivity index (χ2n) is 5.66. The zero-order chi connectivity index (χ0) is 14.6. The van der Waals surface area contributed by atoms with Gasteiger partial charge in [-0.3, -0.25) is 0 Å². The monoisotopic (exact) mass is 263 g/mol. The fraction of sp³-hybridized carbons (Fsp3) is 0.647. The second-order valence-corrected chi connectivity index (χ2v) is 5.66. The third-order valence-corrected chi connectivity index (χ3v) is 4.54. The molecule has 1 aromatic rings. The van der Waals surface area contributed by atoms with Gasteiger partial charge in [0, 0.05) is 13.2 Å². The number of aryl methyl sites for hydroxylation is 3. The normalized spacial score (nSPS) is 13.6. The zero-order valence-corrected chi connectivity index (χ0v) is 13.3. The molecule has 0 radical (unpaired) electrons. The molecule has 1 unspecified atom stereocenters. The molecule has 0 aliphatic heterocycles. The van der Waals surface area contributed by atoms with Crippen molar-refractivity contribution >= 4 is 0 Å². The minimum Gasteiger partial charge on any atom is -0.377 e. The highest BCUT2D eigenvalue weighted by Crippen LogP contribution is 2.27. The van der Waals surface area contributed by atoms with E-state index in [0.29, 0.717) is 0 Å². The summed E-state index contributed by atoms with van der Waals surface area (Å²) in [5, 5.41) is 0. The highest BCUT2D eigenvalue weighted by molar-refractivity contribution is 5.38. The van der Waals surface area contributed by atoms with Crippen molar-refractivity contribution in [3.8, 4) is 0 Å². The van der Waals surface area contributed by atoms with Crippen LogP contribution in [0, 0.1) is 20.8 Å². The first-order valence-corrected chi connectivity index (χ1v) is 7.27. The van der Waals surface area contributed by atoms with Gasteiger partial charge in [0.15, 0.2) is 0 Å². The van der Waals surface area contributed by atoms with Gasteiger partial charge in [-0.1, -0.05) is 31.5 Å². The molecule has 0 saturated carbocycles. The molecule has 19 heavy (non-hydrogen) atoms. The molecular weight excluding hydrogens is 234 g/mol. The molecule has 0 saturated heterocycles. The van der Waals surface area contributed by atoms with Crippen molar-refractivity contribution in [2.24, 2.45) is 5.73 Å². The summed E-state index contributed by atoms with van der Waals surface area (Å²) in [6.45, 7) is 10.8. The predicted octanol–water partition coefficient (Wildman–Crippen LogP) is 3.69. The minimum atomic E-state index is -0.205. The first-order chi connectivity index (χ1) is 8.90. The maximum Gasteiger partial charge on any atom is 0.0826 e. The van der Waals surface area contributed by atoms with Crippen LogP contribution in [-0.2, 0) is 11.2 Å². The van der Waals surface area contributed by atoms with Crippen molar-refractivity contribution in [2.75, 3.05) is 7.11 Å². The number of hydrogen-bond acceptors (Lipinski definition) is 2. The van der Waals surface area contributed by atoms with Crippen LogP contribution < -0.4 is 5.73 Å². The van der Waals surface area contributed by atoms with Crippen molar-refractivity contribution in [1.82, 2.24) is 0 Å². The molecule has 2 heteroatoms. The van der Waals surface area contributed by atoms with Crippen LogP contribution in [0.25, 0.3) is 0 Å². The molecule has 1 aromatic carbocycles. The van der Waals surface area contributed by atoms with Crippen LogP contribution in [0.2, 0.25) is 0 Å². The maximum atomic E-state index is 6.47. The lowest BCUT2D eigenvalue weighted by atomic mass is 9.83. The highest BCUT2D eigenvalue weighted by Gasteiger charge is 2.33. The molecule has 0 aliphatic carbocycles. The van der Waals surface area contributed by atoms with Crippen LogP contribution in [0.4, 0.5) is 0 Å². The van der Waals surface area contributed by atoms with E-state index in [1.807, 2.05) is 0 Å². The third kappa shape index (κ3) is 3.37. The van der Waals surface area contributed by atoms with E-state index in [2.05, 4.69) is 46.8 Å². The summed E-state index contributed by atoms with van der Waals surface area (Å²) in [5.41, 5.74) is 11.6. The number of hydrogen-bond donors (Lipinski definition) is 1. The molecule has 2 N–H and O–H groups in total. The van der Waals surface area contributed by atoms with Crippen LogP contribution in [0.5, 0.6) is 0 Å². The van der Waals surface area contributed by atoms with Crippen LogP contribution in [0.15, 0.2) is 12.1 Å². The Balaban J connectivity index is 3.02. The zero-order valence-electron chi connectivity index (χ0n) is 13.3. The predicted molar refractivity (Wildman–Crippen MR) is 82.7 cm³/mol. The Bertz CT molecular complexity index is 390. The van der Waals surface area contributed by atoms with Gasteiger partial charge >= 0.3 is 0 Å². The molecule has 1 atom stereocenters. The van der Waals surface area contributed by atoms with Crippen LogP contribution in [0.1, 0.15) is 48.9 Å².